The summed E-state index contributed by atoms with van der Waals surface area (Å²) in [6.07, 6.45) is -6.92. The Hall–Kier alpha value is -3.59. The molecule has 0 saturated carbocycles. The molecule has 0 fully saturated rings. The fraction of sp³-hybridized carbons (Fsp3) is 0.407. The highest BCUT2D eigenvalue weighted by Gasteiger charge is 2.51. The number of alkyl halides is 5. The van der Waals surface area contributed by atoms with Crippen LogP contribution in [0, 0.1) is 17.6 Å². The van der Waals surface area contributed by atoms with Gasteiger partial charge in [-0.3, -0.25) is 19.2 Å². The van der Waals surface area contributed by atoms with Crippen molar-refractivity contribution in [3.8, 4) is 5.75 Å². The van der Waals surface area contributed by atoms with Crippen LogP contribution in [-0.4, -0.2) is 60.8 Å². The van der Waals surface area contributed by atoms with Crippen LogP contribution >= 0.6 is 23.2 Å². The van der Waals surface area contributed by atoms with Gasteiger partial charge in [-0.05, 0) is 41.8 Å². The van der Waals surface area contributed by atoms with Gasteiger partial charge in [-0.25, -0.2) is 8.78 Å². The van der Waals surface area contributed by atoms with Crippen molar-refractivity contribution in [2.75, 3.05) is 13.2 Å². The monoisotopic (exact) mass is 675 g/mol. The van der Waals surface area contributed by atoms with E-state index in [1.54, 1.807) is 0 Å². The maximum atomic E-state index is 14.7. The number of carbonyl (C=O) groups excluding carboxylic acids is 4. The lowest BCUT2D eigenvalue weighted by atomic mass is 9.94. The summed E-state index contributed by atoms with van der Waals surface area (Å²) in [5.41, 5.74) is -0.0197. The third-order valence-corrected chi connectivity index (χ3v) is 6.25. The number of hydrogen-bond donors (Lipinski definition) is 3. The number of carbonyl (C=O) groups is 4. The van der Waals surface area contributed by atoms with Gasteiger partial charge >= 0.3 is 12.1 Å². The number of benzene rings is 2. The van der Waals surface area contributed by atoms with Gasteiger partial charge in [-0.1, -0.05) is 43.1 Å². The van der Waals surface area contributed by atoms with Crippen LogP contribution in [0.1, 0.15) is 25.8 Å². The maximum Gasteiger partial charge on any atom is 0.390 e. The summed E-state index contributed by atoms with van der Waals surface area (Å²) in [6, 6.07) is 2.83. The SMILES string of the molecule is CC(C)C(NC(=O)C(Cc1ccc(F)c(F)c1)NC(=O)COc1cc(Cl)cc(Cl)c1)C(=O)C(F)(F)C(=O)NCCC(F)(F)F. The number of nitrogens with one attached hydrogen (secondary N) is 3. The number of Topliss-reactive ketones (excluding diaryl/α,β-unsaturated/α-hetero) is 1. The molecule has 2 rings (SSSR count). The van der Waals surface area contributed by atoms with E-state index in [2.05, 4.69) is 5.32 Å². The van der Waals surface area contributed by atoms with Crippen LogP contribution in [0.4, 0.5) is 30.7 Å². The molecule has 242 valence electrons. The van der Waals surface area contributed by atoms with E-state index < -0.39 is 91.2 Å². The molecule has 3 N–H and O–H groups in total. The molecule has 3 amide bonds. The first-order chi connectivity index (χ1) is 20.3. The van der Waals surface area contributed by atoms with Crippen LogP contribution in [0.5, 0.6) is 5.75 Å². The Bertz CT molecular complexity index is 1360. The first-order valence-electron chi connectivity index (χ1n) is 12.7. The van der Waals surface area contributed by atoms with E-state index >= 15 is 0 Å². The van der Waals surface area contributed by atoms with Crippen molar-refractivity contribution in [3.05, 3.63) is 63.6 Å². The van der Waals surface area contributed by atoms with E-state index in [4.69, 9.17) is 27.9 Å². The largest absolute Gasteiger partial charge is 0.484 e. The highest BCUT2D eigenvalue weighted by atomic mass is 35.5. The average molecular weight is 676 g/mol. The van der Waals surface area contributed by atoms with Crippen molar-refractivity contribution in [2.24, 2.45) is 5.92 Å². The molecule has 0 aliphatic heterocycles. The first-order valence-corrected chi connectivity index (χ1v) is 13.5. The number of ether oxygens (including phenoxy) is 1. The molecule has 0 aromatic heterocycles. The van der Waals surface area contributed by atoms with Gasteiger partial charge in [0.1, 0.15) is 11.8 Å². The smallest absolute Gasteiger partial charge is 0.390 e. The van der Waals surface area contributed by atoms with E-state index in [0.29, 0.717) is 0 Å². The summed E-state index contributed by atoms with van der Waals surface area (Å²) in [4.78, 5) is 50.4. The number of ketones is 1. The van der Waals surface area contributed by atoms with Crippen molar-refractivity contribution in [1.29, 1.82) is 0 Å². The quantitative estimate of drug-likeness (QED) is 0.197. The van der Waals surface area contributed by atoms with Crippen LogP contribution in [-0.2, 0) is 25.6 Å². The Morgan fingerprint density at radius 2 is 1.50 bits per heavy atom. The van der Waals surface area contributed by atoms with Crippen LogP contribution < -0.4 is 20.7 Å². The van der Waals surface area contributed by atoms with E-state index in [1.807, 2.05) is 5.32 Å². The zero-order valence-electron chi connectivity index (χ0n) is 23.0. The minimum atomic E-state index is -4.85. The molecule has 2 aromatic rings. The van der Waals surface area contributed by atoms with Gasteiger partial charge in [0.05, 0.1) is 12.5 Å². The van der Waals surface area contributed by atoms with Crippen molar-refractivity contribution in [2.45, 2.75) is 50.9 Å². The van der Waals surface area contributed by atoms with Crippen LogP contribution in [0.25, 0.3) is 0 Å². The molecule has 8 nitrogen and oxygen atoms in total. The van der Waals surface area contributed by atoms with Gasteiger partial charge in [-0.2, -0.15) is 22.0 Å². The van der Waals surface area contributed by atoms with Crippen LogP contribution in [0.2, 0.25) is 10.0 Å². The highest BCUT2D eigenvalue weighted by Crippen LogP contribution is 2.25. The van der Waals surface area contributed by atoms with E-state index in [9.17, 15) is 49.9 Å². The Morgan fingerprint density at radius 1 is 0.886 bits per heavy atom. The Kier molecular flexibility index (Phi) is 12.8. The molecule has 0 bridgehead atoms. The maximum absolute atomic E-state index is 14.7. The summed E-state index contributed by atoms with van der Waals surface area (Å²) in [5.74, 6) is -15.0. The summed E-state index contributed by atoms with van der Waals surface area (Å²) < 4.78 is 98.9. The Morgan fingerprint density at radius 3 is 2.05 bits per heavy atom. The van der Waals surface area contributed by atoms with Crippen molar-refractivity contribution in [3.63, 3.8) is 0 Å². The van der Waals surface area contributed by atoms with Gasteiger partial charge in [0.15, 0.2) is 18.2 Å². The zero-order valence-corrected chi connectivity index (χ0v) is 24.5. The normalized spacial score (nSPS) is 13.2. The van der Waals surface area contributed by atoms with Gasteiger partial charge in [0.25, 0.3) is 11.8 Å². The van der Waals surface area contributed by atoms with E-state index in [-0.39, 0.29) is 21.4 Å². The highest BCUT2D eigenvalue weighted by molar-refractivity contribution is 6.34. The minimum Gasteiger partial charge on any atom is -0.484 e. The summed E-state index contributed by atoms with van der Waals surface area (Å²) in [7, 11) is 0. The van der Waals surface area contributed by atoms with Crippen molar-refractivity contribution < 1.29 is 54.6 Å². The fourth-order valence-corrected chi connectivity index (χ4v) is 4.14. The number of amides is 3. The average Bonchev–Trinajstić information content (AvgIpc) is 2.90. The van der Waals surface area contributed by atoms with Gasteiger partial charge < -0.3 is 20.7 Å². The summed E-state index contributed by atoms with van der Waals surface area (Å²) in [6.45, 7) is 0.511. The molecule has 2 atom stereocenters. The second-order valence-corrected chi connectivity index (χ2v) is 10.6. The Balaban J connectivity index is 2.24. The topological polar surface area (TPSA) is 114 Å². The molecule has 0 aliphatic carbocycles. The molecule has 2 unspecified atom stereocenters. The zero-order chi connectivity index (χ0) is 33.4. The standard InChI is InChI=1S/C27H26Cl2F7N3O5/c1-13(2)22(23(41)27(35,36)25(43)37-6-5-26(32,33)34)39-24(42)20(8-14-3-4-18(30)19(31)7-14)38-21(40)12-44-17-10-15(28)9-16(29)11-17/h3-4,7,9-11,13,20,22H,5-6,8,12H2,1-2H3,(H,37,43)(H,38,40)(H,39,42). The lowest BCUT2D eigenvalue weighted by Crippen LogP contribution is -2.59. The number of hydrogen-bond acceptors (Lipinski definition) is 5. The van der Waals surface area contributed by atoms with Crippen LogP contribution in [0.15, 0.2) is 36.4 Å². The molecule has 17 heteroatoms. The lowest BCUT2D eigenvalue weighted by molar-refractivity contribution is -0.162. The van der Waals surface area contributed by atoms with Crippen molar-refractivity contribution >= 4 is 46.7 Å². The third kappa shape index (κ3) is 11.2. The second kappa shape index (κ2) is 15.4. The minimum absolute atomic E-state index is 0.0197. The molecule has 44 heavy (non-hydrogen) atoms. The summed E-state index contributed by atoms with van der Waals surface area (Å²) >= 11 is 11.7. The van der Waals surface area contributed by atoms with Crippen LogP contribution in [0.3, 0.4) is 0 Å². The van der Waals surface area contributed by atoms with E-state index in [1.165, 1.54) is 37.4 Å². The predicted octanol–water partition coefficient (Wildman–Crippen LogP) is 4.79. The molecule has 0 aliphatic rings. The molecular weight excluding hydrogens is 650 g/mol. The first kappa shape index (κ1) is 36.6. The molecule has 0 radical (unpaired) electrons. The fourth-order valence-electron chi connectivity index (χ4n) is 3.63. The van der Waals surface area contributed by atoms with Crippen molar-refractivity contribution in [1.82, 2.24) is 16.0 Å². The number of halogens is 9. The molecular formula is C27H26Cl2F7N3O5. The number of rotatable bonds is 14. The van der Waals surface area contributed by atoms with Gasteiger partial charge in [0.2, 0.25) is 11.7 Å². The molecule has 0 spiro atoms. The molecule has 0 heterocycles. The summed E-state index contributed by atoms with van der Waals surface area (Å²) in [5, 5.41) is 5.95. The van der Waals surface area contributed by atoms with E-state index in [0.717, 1.165) is 18.2 Å². The Labute approximate surface area is 256 Å². The second-order valence-electron chi connectivity index (χ2n) is 9.76. The van der Waals surface area contributed by atoms with Gasteiger partial charge in [0, 0.05) is 23.0 Å². The predicted molar refractivity (Wildman–Crippen MR) is 144 cm³/mol. The molecule has 0 saturated heterocycles. The lowest BCUT2D eigenvalue weighted by Gasteiger charge is -2.27. The van der Waals surface area contributed by atoms with Gasteiger partial charge in [-0.15, -0.1) is 0 Å². The third-order valence-electron chi connectivity index (χ3n) is 5.82. The molecule has 2 aromatic carbocycles.